The molecule has 0 aliphatic carbocycles. The van der Waals surface area contributed by atoms with Crippen LogP contribution in [0, 0.1) is 0 Å². The third kappa shape index (κ3) is 5.32. The number of nitrogens with one attached hydrogen (secondary N) is 1. The summed E-state index contributed by atoms with van der Waals surface area (Å²) in [6.45, 7) is 3.26. The molecule has 1 rings (SSSR count). The van der Waals surface area contributed by atoms with Crippen LogP contribution in [0.5, 0.6) is 0 Å². The third-order valence-electron chi connectivity index (χ3n) is 2.82. The SMILES string of the molecule is CCOC(=O)CCNS(=O)(=O)N1CCCCCC1. The molecule has 18 heavy (non-hydrogen) atoms. The number of carbonyl (C=O) groups is 1. The lowest BCUT2D eigenvalue weighted by Gasteiger charge is -2.19. The van der Waals surface area contributed by atoms with E-state index < -0.39 is 10.2 Å². The second-order valence-corrected chi connectivity index (χ2v) is 6.02. The van der Waals surface area contributed by atoms with Crippen molar-refractivity contribution in [2.75, 3.05) is 26.2 Å². The van der Waals surface area contributed by atoms with Gasteiger partial charge >= 0.3 is 5.97 Å². The van der Waals surface area contributed by atoms with Crippen molar-refractivity contribution in [3.63, 3.8) is 0 Å². The number of ether oxygens (including phenoxy) is 1. The topological polar surface area (TPSA) is 75.7 Å². The lowest BCUT2D eigenvalue weighted by Crippen LogP contribution is -2.42. The van der Waals surface area contributed by atoms with E-state index in [1.807, 2.05) is 0 Å². The van der Waals surface area contributed by atoms with Gasteiger partial charge in [-0.1, -0.05) is 12.8 Å². The van der Waals surface area contributed by atoms with Crippen LogP contribution in [0.4, 0.5) is 0 Å². The summed E-state index contributed by atoms with van der Waals surface area (Å²) in [5, 5.41) is 0. The highest BCUT2D eigenvalue weighted by Gasteiger charge is 2.22. The quantitative estimate of drug-likeness (QED) is 0.724. The fraction of sp³-hybridized carbons (Fsp3) is 0.909. The molecule has 0 atom stereocenters. The molecule has 0 unspecified atom stereocenters. The molecule has 0 aromatic heterocycles. The number of hydrogen-bond acceptors (Lipinski definition) is 4. The minimum atomic E-state index is -3.44. The predicted molar refractivity (Wildman–Crippen MR) is 68.2 cm³/mol. The van der Waals surface area contributed by atoms with Crippen LogP contribution < -0.4 is 4.72 Å². The average Bonchev–Trinajstić information content (AvgIpc) is 2.58. The monoisotopic (exact) mass is 278 g/mol. The zero-order valence-electron chi connectivity index (χ0n) is 10.9. The summed E-state index contributed by atoms with van der Waals surface area (Å²) in [5.41, 5.74) is 0. The van der Waals surface area contributed by atoms with Crippen molar-refractivity contribution >= 4 is 16.2 Å². The van der Waals surface area contributed by atoms with Gasteiger partial charge in [0.15, 0.2) is 0 Å². The van der Waals surface area contributed by atoms with Crippen LogP contribution >= 0.6 is 0 Å². The Morgan fingerprint density at radius 2 is 1.83 bits per heavy atom. The number of rotatable bonds is 6. The van der Waals surface area contributed by atoms with Crippen LogP contribution in [0.1, 0.15) is 39.0 Å². The van der Waals surface area contributed by atoms with E-state index >= 15 is 0 Å². The van der Waals surface area contributed by atoms with E-state index in [1.54, 1.807) is 6.92 Å². The number of nitrogens with zero attached hydrogens (tertiary/aromatic N) is 1. The van der Waals surface area contributed by atoms with Gasteiger partial charge in [0.2, 0.25) is 0 Å². The molecule has 1 fully saturated rings. The summed E-state index contributed by atoms with van der Waals surface area (Å²) in [6, 6.07) is 0. The standard InChI is InChI=1S/C11H22N2O4S/c1-2-17-11(14)7-8-12-18(15,16)13-9-5-3-4-6-10-13/h12H,2-10H2,1H3. The highest BCUT2D eigenvalue weighted by molar-refractivity contribution is 7.87. The summed E-state index contributed by atoms with van der Waals surface area (Å²) in [7, 11) is -3.44. The molecule has 0 aromatic rings. The lowest BCUT2D eigenvalue weighted by atomic mass is 10.2. The van der Waals surface area contributed by atoms with Gasteiger partial charge in [0.1, 0.15) is 0 Å². The van der Waals surface area contributed by atoms with Gasteiger partial charge in [0, 0.05) is 19.6 Å². The van der Waals surface area contributed by atoms with Crippen molar-refractivity contribution in [3.05, 3.63) is 0 Å². The zero-order chi connectivity index (χ0) is 13.4. The molecular formula is C11H22N2O4S. The Morgan fingerprint density at radius 1 is 1.22 bits per heavy atom. The molecular weight excluding hydrogens is 256 g/mol. The van der Waals surface area contributed by atoms with Crippen LogP contribution in [-0.2, 0) is 19.7 Å². The maximum absolute atomic E-state index is 11.9. The van der Waals surface area contributed by atoms with Gasteiger partial charge in [0.25, 0.3) is 10.2 Å². The Kier molecular flexibility index (Phi) is 6.59. The highest BCUT2D eigenvalue weighted by Crippen LogP contribution is 2.12. The summed E-state index contributed by atoms with van der Waals surface area (Å²) in [6.07, 6.45) is 4.03. The molecule has 7 heteroatoms. The molecule has 0 radical (unpaired) electrons. The first-order valence-electron chi connectivity index (χ1n) is 6.46. The molecule has 1 N–H and O–H groups in total. The molecule has 1 heterocycles. The molecule has 0 aromatic carbocycles. The zero-order valence-corrected chi connectivity index (χ0v) is 11.7. The second-order valence-electron chi connectivity index (χ2n) is 4.27. The Hall–Kier alpha value is -0.660. The van der Waals surface area contributed by atoms with E-state index in [9.17, 15) is 13.2 Å². The highest BCUT2D eigenvalue weighted by atomic mass is 32.2. The fourth-order valence-electron chi connectivity index (χ4n) is 1.89. The number of carbonyl (C=O) groups excluding carboxylic acids is 1. The van der Waals surface area contributed by atoms with Gasteiger partial charge < -0.3 is 4.74 Å². The lowest BCUT2D eigenvalue weighted by molar-refractivity contribution is -0.142. The Balaban J connectivity index is 2.36. The van der Waals surface area contributed by atoms with Crippen molar-refractivity contribution in [3.8, 4) is 0 Å². The van der Waals surface area contributed by atoms with E-state index in [2.05, 4.69) is 4.72 Å². The van der Waals surface area contributed by atoms with Crippen molar-refractivity contribution in [1.82, 2.24) is 9.03 Å². The largest absolute Gasteiger partial charge is 0.466 e. The Labute approximate surface area is 109 Å². The van der Waals surface area contributed by atoms with Crippen molar-refractivity contribution in [1.29, 1.82) is 0 Å². The molecule has 0 saturated carbocycles. The van der Waals surface area contributed by atoms with Crippen LogP contribution in [0.3, 0.4) is 0 Å². The van der Waals surface area contributed by atoms with Gasteiger partial charge in [-0.3, -0.25) is 4.79 Å². The van der Waals surface area contributed by atoms with Crippen LogP contribution in [0.2, 0.25) is 0 Å². The summed E-state index contributed by atoms with van der Waals surface area (Å²) in [4.78, 5) is 11.1. The average molecular weight is 278 g/mol. The van der Waals surface area contributed by atoms with E-state index in [4.69, 9.17) is 4.74 Å². The van der Waals surface area contributed by atoms with Crippen molar-refractivity contribution < 1.29 is 17.9 Å². The number of hydrogen-bond donors (Lipinski definition) is 1. The molecule has 1 saturated heterocycles. The maximum atomic E-state index is 11.9. The van der Waals surface area contributed by atoms with E-state index in [0.717, 1.165) is 25.7 Å². The minimum Gasteiger partial charge on any atom is -0.466 e. The molecule has 1 aliphatic rings. The van der Waals surface area contributed by atoms with Gasteiger partial charge in [0.05, 0.1) is 13.0 Å². The van der Waals surface area contributed by atoms with Gasteiger partial charge in [-0.2, -0.15) is 12.7 Å². The molecule has 0 spiro atoms. The second kappa shape index (κ2) is 7.70. The van der Waals surface area contributed by atoms with Crippen molar-refractivity contribution in [2.24, 2.45) is 0 Å². The van der Waals surface area contributed by atoms with Gasteiger partial charge in [-0.25, -0.2) is 4.72 Å². The summed E-state index contributed by atoms with van der Waals surface area (Å²) in [5.74, 6) is -0.379. The molecule has 0 amide bonds. The van der Waals surface area contributed by atoms with E-state index in [1.165, 1.54) is 4.31 Å². The first-order valence-corrected chi connectivity index (χ1v) is 7.90. The van der Waals surface area contributed by atoms with Crippen molar-refractivity contribution in [2.45, 2.75) is 39.0 Å². The summed E-state index contributed by atoms with van der Waals surface area (Å²) >= 11 is 0. The number of esters is 1. The maximum Gasteiger partial charge on any atom is 0.307 e. The Morgan fingerprint density at radius 3 is 2.39 bits per heavy atom. The van der Waals surface area contributed by atoms with Crippen LogP contribution in [0.15, 0.2) is 0 Å². The minimum absolute atomic E-state index is 0.0703. The molecule has 0 bridgehead atoms. The Bertz CT molecular complexity index is 348. The molecule has 6 nitrogen and oxygen atoms in total. The van der Waals surface area contributed by atoms with Gasteiger partial charge in [-0.05, 0) is 19.8 Å². The first kappa shape index (κ1) is 15.4. The smallest absolute Gasteiger partial charge is 0.307 e. The first-order chi connectivity index (χ1) is 8.56. The van der Waals surface area contributed by atoms with Crippen LogP contribution in [0.25, 0.3) is 0 Å². The normalized spacial score (nSPS) is 18.3. The molecule has 106 valence electrons. The summed E-state index contributed by atoms with van der Waals surface area (Å²) < 4.78 is 32.5. The van der Waals surface area contributed by atoms with E-state index in [-0.39, 0.29) is 18.9 Å². The van der Waals surface area contributed by atoms with Gasteiger partial charge in [-0.15, -0.1) is 0 Å². The fourth-order valence-corrected chi connectivity index (χ4v) is 3.17. The van der Waals surface area contributed by atoms with E-state index in [0.29, 0.717) is 19.7 Å². The third-order valence-corrected chi connectivity index (χ3v) is 4.44. The van der Waals surface area contributed by atoms with Crippen LogP contribution in [-0.4, -0.2) is 44.9 Å². The predicted octanol–water partition coefficient (Wildman–Crippen LogP) is 0.650. The molecule has 1 aliphatic heterocycles.